The van der Waals surface area contributed by atoms with Crippen molar-refractivity contribution >= 4 is 45.1 Å². The van der Waals surface area contributed by atoms with Gasteiger partial charge < -0.3 is 5.32 Å². The van der Waals surface area contributed by atoms with E-state index in [2.05, 4.69) is 10.0 Å². The van der Waals surface area contributed by atoms with Gasteiger partial charge in [0.15, 0.2) is 0 Å². The summed E-state index contributed by atoms with van der Waals surface area (Å²) in [5, 5.41) is 2.67. The second-order valence-electron chi connectivity index (χ2n) is 6.34. The Morgan fingerprint density at radius 3 is 2.33 bits per heavy atom. The van der Waals surface area contributed by atoms with E-state index in [1.165, 1.54) is 36.4 Å². The van der Waals surface area contributed by atoms with Gasteiger partial charge in [-0.15, -0.1) is 0 Å². The standard InChI is InChI=1S/C20H21F3N2O3S2/c1-3-13-30(27,28)25-18-6-4-5-17(14(18)2)24-19(26)12-9-15-7-10-16(11-8-15)29-20(21,22)23/h4-12,25H,3,13H2,1-2H3,(H,24,26)/b12-9+. The average Bonchev–Trinajstić information content (AvgIpc) is 2.63. The second-order valence-corrected chi connectivity index (χ2v) is 9.32. The molecule has 2 aromatic carbocycles. The predicted molar refractivity (Wildman–Crippen MR) is 115 cm³/mol. The van der Waals surface area contributed by atoms with Crippen LogP contribution < -0.4 is 10.0 Å². The summed E-state index contributed by atoms with van der Waals surface area (Å²) in [4.78, 5) is 12.3. The predicted octanol–water partition coefficient (Wildman–Crippen LogP) is 5.41. The Labute approximate surface area is 177 Å². The molecule has 162 valence electrons. The highest BCUT2D eigenvalue weighted by Gasteiger charge is 2.28. The minimum atomic E-state index is -4.35. The Morgan fingerprint density at radius 1 is 1.10 bits per heavy atom. The van der Waals surface area contributed by atoms with Crippen molar-refractivity contribution in [3.8, 4) is 0 Å². The van der Waals surface area contributed by atoms with Crippen LogP contribution >= 0.6 is 11.8 Å². The molecule has 30 heavy (non-hydrogen) atoms. The monoisotopic (exact) mass is 458 g/mol. The third-order valence-electron chi connectivity index (χ3n) is 3.87. The third kappa shape index (κ3) is 7.75. The van der Waals surface area contributed by atoms with Crippen molar-refractivity contribution in [3.63, 3.8) is 0 Å². The molecule has 0 atom stereocenters. The van der Waals surface area contributed by atoms with Gasteiger partial charge in [-0.3, -0.25) is 9.52 Å². The second kappa shape index (κ2) is 10.0. The molecule has 0 heterocycles. The van der Waals surface area contributed by atoms with Gasteiger partial charge in [0.2, 0.25) is 15.9 Å². The van der Waals surface area contributed by atoms with E-state index in [0.717, 1.165) is 0 Å². The van der Waals surface area contributed by atoms with E-state index in [9.17, 15) is 26.4 Å². The molecule has 0 saturated carbocycles. The molecule has 0 bridgehead atoms. The first-order valence-electron chi connectivity index (χ1n) is 8.94. The number of carbonyl (C=O) groups is 1. The summed E-state index contributed by atoms with van der Waals surface area (Å²) in [6.45, 7) is 3.44. The summed E-state index contributed by atoms with van der Waals surface area (Å²) < 4.78 is 63.5. The van der Waals surface area contributed by atoms with E-state index in [1.54, 1.807) is 32.0 Å². The zero-order valence-electron chi connectivity index (χ0n) is 16.3. The first-order valence-corrected chi connectivity index (χ1v) is 11.4. The van der Waals surface area contributed by atoms with Gasteiger partial charge >= 0.3 is 5.51 Å². The van der Waals surface area contributed by atoms with Crippen LogP contribution in [0.4, 0.5) is 24.5 Å². The lowest BCUT2D eigenvalue weighted by Gasteiger charge is -2.13. The van der Waals surface area contributed by atoms with Crippen molar-refractivity contribution in [2.45, 2.75) is 30.7 Å². The van der Waals surface area contributed by atoms with Crippen molar-refractivity contribution in [1.29, 1.82) is 0 Å². The molecule has 2 aromatic rings. The maximum atomic E-state index is 12.4. The van der Waals surface area contributed by atoms with Crippen molar-refractivity contribution in [2.75, 3.05) is 15.8 Å². The molecule has 10 heteroatoms. The van der Waals surface area contributed by atoms with Crippen LogP contribution in [0.25, 0.3) is 6.08 Å². The van der Waals surface area contributed by atoms with Gasteiger partial charge in [0.05, 0.1) is 11.4 Å². The number of benzene rings is 2. The van der Waals surface area contributed by atoms with Crippen LogP contribution in [0.5, 0.6) is 0 Å². The van der Waals surface area contributed by atoms with Crippen molar-refractivity contribution in [1.82, 2.24) is 0 Å². The normalized spacial score (nSPS) is 12.2. The fourth-order valence-electron chi connectivity index (χ4n) is 2.50. The van der Waals surface area contributed by atoms with E-state index in [0.29, 0.717) is 28.9 Å². The quantitative estimate of drug-likeness (QED) is 0.410. The Kier molecular flexibility index (Phi) is 7.96. The highest BCUT2D eigenvalue weighted by Crippen LogP contribution is 2.36. The van der Waals surface area contributed by atoms with Crippen LogP contribution in [-0.4, -0.2) is 25.6 Å². The van der Waals surface area contributed by atoms with Crippen LogP contribution in [-0.2, 0) is 14.8 Å². The van der Waals surface area contributed by atoms with E-state index < -0.39 is 21.4 Å². The molecular weight excluding hydrogens is 437 g/mol. The number of anilines is 2. The summed E-state index contributed by atoms with van der Waals surface area (Å²) in [6.07, 6.45) is 3.20. The zero-order chi connectivity index (χ0) is 22.4. The molecule has 2 rings (SSSR count). The maximum Gasteiger partial charge on any atom is 0.446 e. The van der Waals surface area contributed by atoms with Gasteiger partial charge in [-0.2, -0.15) is 13.2 Å². The Bertz CT molecular complexity index is 1020. The Hall–Kier alpha value is -2.46. The van der Waals surface area contributed by atoms with Crippen molar-refractivity contribution in [2.24, 2.45) is 0 Å². The summed E-state index contributed by atoms with van der Waals surface area (Å²) in [5.74, 6) is -0.466. The third-order valence-corrected chi connectivity index (χ3v) is 6.09. The van der Waals surface area contributed by atoms with Crippen molar-refractivity contribution < 1.29 is 26.4 Å². The van der Waals surface area contributed by atoms with E-state index in [-0.39, 0.29) is 22.4 Å². The molecule has 0 aliphatic heterocycles. The molecule has 0 fully saturated rings. The number of hydrogen-bond donors (Lipinski definition) is 2. The first kappa shape index (κ1) is 23.8. The van der Waals surface area contributed by atoms with Crippen LogP contribution in [0.15, 0.2) is 53.4 Å². The smallest absolute Gasteiger partial charge is 0.322 e. The van der Waals surface area contributed by atoms with Crippen LogP contribution in [0.2, 0.25) is 0 Å². The lowest BCUT2D eigenvalue weighted by Crippen LogP contribution is -2.17. The van der Waals surface area contributed by atoms with Gasteiger partial charge in [0.1, 0.15) is 0 Å². The van der Waals surface area contributed by atoms with Crippen LogP contribution in [0, 0.1) is 6.92 Å². The molecule has 0 aliphatic rings. The van der Waals surface area contributed by atoms with Gasteiger partial charge in [-0.1, -0.05) is 25.1 Å². The summed E-state index contributed by atoms with van der Waals surface area (Å²) >= 11 is -0.207. The number of halogens is 3. The number of amides is 1. The zero-order valence-corrected chi connectivity index (χ0v) is 17.9. The minimum absolute atomic E-state index is 0.00791. The number of carbonyl (C=O) groups excluding carboxylic acids is 1. The Morgan fingerprint density at radius 2 is 1.73 bits per heavy atom. The highest BCUT2D eigenvalue weighted by molar-refractivity contribution is 8.00. The molecular formula is C20H21F3N2O3S2. The summed E-state index contributed by atoms with van der Waals surface area (Å²) in [5.41, 5.74) is -2.41. The number of rotatable bonds is 8. The molecule has 0 spiro atoms. The van der Waals surface area contributed by atoms with Crippen LogP contribution in [0.1, 0.15) is 24.5 Å². The summed E-state index contributed by atoms with van der Waals surface area (Å²) in [7, 11) is -3.46. The topological polar surface area (TPSA) is 75.3 Å². The lowest BCUT2D eigenvalue weighted by molar-refractivity contribution is -0.111. The van der Waals surface area contributed by atoms with E-state index in [1.807, 2.05) is 0 Å². The molecule has 0 aromatic heterocycles. The van der Waals surface area contributed by atoms with Gasteiger partial charge in [0, 0.05) is 16.7 Å². The number of hydrogen-bond acceptors (Lipinski definition) is 4. The highest BCUT2D eigenvalue weighted by atomic mass is 32.2. The first-order chi connectivity index (χ1) is 14.0. The van der Waals surface area contributed by atoms with E-state index in [4.69, 9.17) is 0 Å². The minimum Gasteiger partial charge on any atom is -0.322 e. The number of nitrogens with one attached hydrogen (secondary N) is 2. The molecule has 0 radical (unpaired) electrons. The van der Waals surface area contributed by atoms with Crippen LogP contribution in [0.3, 0.4) is 0 Å². The fourth-order valence-corrected chi connectivity index (χ4v) is 4.23. The number of thioether (sulfide) groups is 1. The fraction of sp³-hybridized carbons (Fsp3) is 0.250. The van der Waals surface area contributed by atoms with Gasteiger partial charge in [0.25, 0.3) is 0 Å². The largest absolute Gasteiger partial charge is 0.446 e. The summed E-state index contributed by atoms with van der Waals surface area (Å²) in [6, 6.07) is 10.5. The number of sulfonamides is 1. The molecule has 1 amide bonds. The number of alkyl halides is 3. The maximum absolute atomic E-state index is 12.4. The average molecular weight is 459 g/mol. The molecule has 5 nitrogen and oxygen atoms in total. The lowest BCUT2D eigenvalue weighted by atomic mass is 10.1. The van der Waals surface area contributed by atoms with Gasteiger partial charge in [-0.05, 0) is 66.6 Å². The van der Waals surface area contributed by atoms with E-state index >= 15 is 0 Å². The SMILES string of the molecule is CCCS(=O)(=O)Nc1cccc(NC(=O)/C=C/c2ccc(SC(F)(F)F)cc2)c1C. The van der Waals surface area contributed by atoms with Crippen molar-refractivity contribution in [3.05, 3.63) is 59.7 Å². The molecule has 0 saturated heterocycles. The molecule has 0 aliphatic carbocycles. The molecule has 2 N–H and O–H groups in total. The molecule has 0 unspecified atom stereocenters. The Balaban J connectivity index is 2.05. The van der Waals surface area contributed by atoms with Gasteiger partial charge in [-0.25, -0.2) is 8.42 Å².